The molecular formula is C13H14N4O. The summed E-state index contributed by atoms with van der Waals surface area (Å²) in [7, 11) is 0. The van der Waals surface area contributed by atoms with Crippen LogP contribution in [-0.4, -0.2) is 27.7 Å². The van der Waals surface area contributed by atoms with Crippen molar-refractivity contribution < 1.29 is 4.74 Å². The molecule has 5 nitrogen and oxygen atoms in total. The first-order valence-corrected chi connectivity index (χ1v) is 6.22. The molecule has 0 aliphatic heterocycles. The van der Waals surface area contributed by atoms with Crippen molar-refractivity contribution in [1.82, 2.24) is 15.0 Å². The summed E-state index contributed by atoms with van der Waals surface area (Å²) in [6, 6.07) is 7.53. The van der Waals surface area contributed by atoms with Crippen molar-refractivity contribution in [2.45, 2.75) is 31.9 Å². The fourth-order valence-corrected chi connectivity index (χ4v) is 2.04. The van der Waals surface area contributed by atoms with Crippen LogP contribution >= 0.6 is 0 Å². The molecule has 1 saturated carbocycles. The molecule has 0 bridgehead atoms. The third-order valence-electron chi connectivity index (χ3n) is 3.35. The fourth-order valence-electron chi connectivity index (χ4n) is 2.04. The molecule has 0 amide bonds. The van der Waals surface area contributed by atoms with Gasteiger partial charge in [-0.3, -0.25) is 0 Å². The van der Waals surface area contributed by atoms with E-state index in [-0.39, 0.29) is 0 Å². The quantitative estimate of drug-likeness (QED) is 0.821. The van der Waals surface area contributed by atoms with E-state index >= 15 is 0 Å². The highest BCUT2D eigenvalue weighted by atomic mass is 16.5. The van der Waals surface area contributed by atoms with E-state index in [0.29, 0.717) is 24.8 Å². The van der Waals surface area contributed by atoms with Crippen LogP contribution in [0.1, 0.15) is 24.8 Å². The Balaban J connectivity index is 1.72. The fraction of sp³-hybridized carbons (Fsp3) is 0.462. The lowest BCUT2D eigenvalue weighted by Crippen LogP contribution is -2.23. The zero-order valence-corrected chi connectivity index (χ0v) is 10.0. The van der Waals surface area contributed by atoms with E-state index in [0.717, 1.165) is 11.0 Å². The smallest absolute Gasteiger partial charge is 0.113 e. The minimum atomic E-state index is 0.439. The molecule has 1 heterocycles. The average Bonchev–Trinajstić information content (AvgIpc) is 2.74. The molecule has 92 valence electrons. The van der Waals surface area contributed by atoms with Gasteiger partial charge >= 0.3 is 0 Å². The molecule has 2 aromatic rings. The number of fused-ring (bicyclic) bond motifs is 1. The first-order chi connectivity index (χ1) is 8.86. The first-order valence-electron chi connectivity index (χ1n) is 6.22. The Bertz CT molecular complexity index is 595. The second kappa shape index (κ2) is 4.75. The van der Waals surface area contributed by atoms with Crippen LogP contribution in [0.4, 0.5) is 0 Å². The predicted octanol–water partition coefficient (Wildman–Crippen LogP) is 1.87. The van der Waals surface area contributed by atoms with Crippen molar-refractivity contribution in [3.63, 3.8) is 0 Å². The summed E-state index contributed by atoms with van der Waals surface area (Å²) in [6.07, 6.45) is 4.07. The topological polar surface area (TPSA) is 63.7 Å². The van der Waals surface area contributed by atoms with E-state index in [2.05, 4.69) is 16.4 Å². The second-order valence-corrected chi connectivity index (χ2v) is 4.55. The first kappa shape index (κ1) is 11.2. The maximum Gasteiger partial charge on any atom is 0.113 e. The van der Waals surface area contributed by atoms with Gasteiger partial charge in [0.2, 0.25) is 0 Å². The molecule has 1 aliphatic carbocycles. The molecule has 1 fully saturated rings. The van der Waals surface area contributed by atoms with Gasteiger partial charge in [-0.1, -0.05) is 5.21 Å². The van der Waals surface area contributed by atoms with E-state index in [1.54, 1.807) is 10.7 Å². The van der Waals surface area contributed by atoms with Gasteiger partial charge in [0.1, 0.15) is 5.52 Å². The number of aromatic nitrogens is 3. The summed E-state index contributed by atoms with van der Waals surface area (Å²) < 4.78 is 7.50. The number of nitriles is 1. The van der Waals surface area contributed by atoms with Crippen LogP contribution < -0.4 is 0 Å². The molecule has 0 N–H and O–H groups in total. The molecule has 0 unspecified atom stereocenters. The summed E-state index contributed by atoms with van der Waals surface area (Å²) in [5, 5.41) is 17.1. The Morgan fingerprint density at radius 2 is 2.33 bits per heavy atom. The maximum atomic E-state index is 8.89. The minimum absolute atomic E-state index is 0.439. The van der Waals surface area contributed by atoms with Crippen LogP contribution in [0.3, 0.4) is 0 Å². The zero-order chi connectivity index (χ0) is 12.4. The molecular weight excluding hydrogens is 228 g/mol. The SMILES string of the molecule is N#Cc1ccc2nnn(CCOC3CCC3)c2c1. The number of rotatable bonds is 4. The largest absolute Gasteiger partial charge is 0.376 e. The number of ether oxygens (including phenoxy) is 1. The Hall–Kier alpha value is -1.93. The highest BCUT2D eigenvalue weighted by molar-refractivity contribution is 5.75. The molecule has 3 rings (SSSR count). The monoisotopic (exact) mass is 242 g/mol. The Morgan fingerprint density at radius 3 is 3.06 bits per heavy atom. The van der Waals surface area contributed by atoms with Crippen molar-refractivity contribution in [3.05, 3.63) is 23.8 Å². The molecule has 5 heteroatoms. The predicted molar refractivity (Wildman–Crippen MR) is 65.8 cm³/mol. The zero-order valence-electron chi connectivity index (χ0n) is 10.0. The van der Waals surface area contributed by atoms with E-state index in [1.165, 1.54) is 19.3 Å². The van der Waals surface area contributed by atoms with Gasteiger partial charge < -0.3 is 4.74 Å². The Kier molecular flexibility index (Phi) is 2.95. The number of hydrogen-bond acceptors (Lipinski definition) is 4. The van der Waals surface area contributed by atoms with Gasteiger partial charge in [-0.2, -0.15) is 5.26 Å². The molecule has 0 atom stereocenters. The third kappa shape index (κ3) is 2.07. The maximum absolute atomic E-state index is 8.89. The van der Waals surface area contributed by atoms with Crippen LogP contribution in [-0.2, 0) is 11.3 Å². The van der Waals surface area contributed by atoms with Gasteiger partial charge in [-0.25, -0.2) is 4.68 Å². The number of nitrogens with zero attached hydrogens (tertiary/aromatic N) is 4. The van der Waals surface area contributed by atoms with Crippen LogP contribution in [0, 0.1) is 11.3 Å². The van der Waals surface area contributed by atoms with Crippen molar-refractivity contribution >= 4 is 11.0 Å². The van der Waals surface area contributed by atoms with Crippen molar-refractivity contribution in [1.29, 1.82) is 5.26 Å². The summed E-state index contributed by atoms with van der Waals surface area (Å²) in [6.45, 7) is 1.34. The number of benzene rings is 1. The lowest BCUT2D eigenvalue weighted by Gasteiger charge is -2.25. The van der Waals surface area contributed by atoms with Crippen molar-refractivity contribution in [3.8, 4) is 6.07 Å². The summed E-state index contributed by atoms with van der Waals surface area (Å²) >= 11 is 0. The normalized spacial score (nSPS) is 15.5. The summed E-state index contributed by atoms with van der Waals surface area (Å²) in [5.41, 5.74) is 2.34. The third-order valence-corrected chi connectivity index (χ3v) is 3.35. The van der Waals surface area contributed by atoms with Crippen LogP contribution in [0.5, 0.6) is 0 Å². The van der Waals surface area contributed by atoms with Gasteiger partial charge in [0.25, 0.3) is 0 Å². The summed E-state index contributed by atoms with van der Waals surface area (Å²) in [4.78, 5) is 0. The summed E-state index contributed by atoms with van der Waals surface area (Å²) in [5.74, 6) is 0. The molecule has 0 radical (unpaired) electrons. The van der Waals surface area contributed by atoms with E-state index in [4.69, 9.17) is 10.00 Å². The van der Waals surface area contributed by atoms with Gasteiger partial charge in [0.05, 0.1) is 36.4 Å². The molecule has 0 saturated heterocycles. The lowest BCUT2D eigenvalue weighted by atomic mass is 9.96. The van der Waals surface area contributed by atoms with Crippen molar-refractivity contribution in [2.24, 2.45) is 0 Å². The van der Waals surface area contributed by atoms with Crippen LogP contribution in [0.15, 0.2) is 18.2 Å². The molecule has 1 aromatic carbocycles. The van der Waals surface area contributed by atoms with Crippen LogP contribution in [0.25, 0.3) is 11.0 Å². The molecule has 0 spiro atoms. The van der Waals surface area contributed by atoms with E-state index in [9.17, 15) is 0 Å². The number of hydrogen-bond donors (Lipinski definition) is 0. The lowest BCUT2D eigenvalue weighted by molar-refractivity contribution is -0.00212. The van der Waals surface area contributed by atoms with Gasteiger partial charge in [0.15, 0.2) is 0 Å². The second-order valence-electron chi connectivity index (χ2n) is 4.55. The highest BCUT2D eigenvalue weighted by Crippen LogP contribution is 2.21. The molecule has 1 aromatic heterocycles. The Morgan fingerprint density at radius 1 is 1.44 bits per heavy atom. The van der Waals surface area contributed by atoms with Gasteiger partial charge in [0, 0.05) is 0 Å². The molecule has 18 heavy (non-hydrogen) atoms. The Labute approximate surface area is 105 Å². The molecule has 1 aliphatic rings. The van der Waals surface area contributed by atoms with Crippen molar-refractivity contribution in [2.75, 3.05) is 6.61 Å². The van der Waals surface area contributed by atoms with Gasteiger partial charge in [-0.15, -0.1) is 5.10 Å². The van der Waals surface area contributed by atoms with Gasteiger partial charge in [-0.05, 0) is 37.5 Å². The van der Waals surface area contributed by atoms with Crippen LogP contribution in [0.2, 0.25) is 0 Å². The highest BCUT2D eigenvalue weighted by Gasteiger charge is 2.17. The standard InChI is InChI=1S/C13H14N4O/c14-9-10-4-5-12-13(8-10)17(16-15-12)6-7-18-11-2-1-3-11/h4-5,8,11H,1-3,6-7H2. The van der Waals surface area contributed by atoms with E-state index < -0.39 is 0 Å². The average molecular weight is 242 g/mol. The van der Waals surface area contributed by atoms with E-state index in [1.807, 2.05) is 12.1 Å². The minimum Gasteiger partial charge on any atom is -0.376 e.